The standard InChI is InChI=1S/C14H20BrNO2/c1-4-7-14(3,13(17)18)16-9-11-6-5-10(2)12(15)8-11/h5-6,8,16H,4,7,9H2,1-3H3,(H,17,18). The van der Waals surface area contributed by atoms with Crippen molar-refractivity contribution in [3.05, 3.63) is 33.8 Å². The molecule has 0 aromatic heterocycles. The molecule has 0 saturated heterocycles. The third kappa shape index (κ3) is 3.82. The molecular formula is C14H20BrNO2. The SMILES string of the molecule is CCCC(C)(NCc1ccc(C)c(Br)c1)C(=O)O. The predicted molar refractivity (Wildman–Crippen MR) is 76.7 cm³/mol. The lowest BCUT2D eigenvalue weighted by Gasteiger charge is -2.26. The molecular weight excluding hydrogens is 294 g/mol. The summed E-state index contributed by atoms with van der Waals surface area (Å²) in [5.74, 6) is -0.796. The van der Waals surface area contributed by atoms with Gasteiger partial charge < -0.3 is 5.11 Å². The Morgan fingerprint density at radius 1 is 1.50 bits per heavy atom. The second-order valence-electron chi connectivity index (χ2n) is 4.82. The molecule has 100 valence electrons. The van der Waals surface area contributed by atoms with Crippen LogP contribution in [0.15, 0.2) is 22.7 Å². The van der Waals surface area contributed by atoms with Crippen LogP contribution in [-0.4, -0.2) is 16.6 Å². The third-order valence-electron chi connectivity index (χ3n) is 3.14. The van der Waals surface area contributed by atoms with E-state index in [2.05, 4.69) is 21.2 Å². The van der Waals surface area contributed by atoms with E-state index in [0.717, 1.165) is 16.5 Å². The maximum absolute atomic E-state index is 11.3. The highest BCUT2D eigenvalue weighted by atomic mass is 79.9. The van der Waals surface area contributed by atoms with E-state index >= 15 is 0 Å². The number of carbonyl (C=O) groups is 1. The van der Waals surface area contributed by atoms with Crippen LogP contribution >= 0.6 is 15.9 Å². The molecule has 1 atom stereocenters. The summed E-state index contributed by atoms with van der Waals surface area (Å²) < 4.78 is 1.05. The van der Waals surface area contributed by atoms with Gasteiger partial charge >= 0.3 is 5.97 Å². The molecule has 0 bridgehead atoms. The Morgan fingerprint density at radius 2 is 2.17 bits per heavy atom. The lowest BCUT2D eigenvalue weighted by atomic mass is 9.96. The number of nitrogens with one attached hydrogen (secondary N) is 1. The summed E-state index contributed by atoms with van der Waals surface area (Å²) >= 11 is 3.48. The Balaban J connectivity index is 2.73. The minimum absolute atomic E-state index is 0.557. The lowest BCUT2D eigenvalue weighted by molar-refractivity contribution is -0.144. The Morgan fingerprint density at radius 3 is 2.67 bits per heavy atom. The molecule has 2 N–H and O–H groups in total. The van der Waals surface area contributed by atoms with Gasteiger partial charge in [0.1, 0.15) is 5.54 Å². The van der Waals surface area contributed by atoms with E-state index < -0.39 is 11.5 Å². The summed E-state index contributed by atoms with van der Waals surface area (Å²) in [6.07, 6.45) is 1.46. The topological polar surface area (TPSA) is 49.3 Å². The predicted octanol–water partition coefficient (Wildman–Crippen LogP) is 3.49. The van der Waals surface area contributed by atoms with Crippen molar-refractivity contribution in [3.63, 3.8) is 0 Å². The maximum Gasteiger partial charge on any atom is 0.323 e. The van der Waals surface area contributed by atoms with Crippen LogP contribution in [0.1, 0.15) is 37.8 Å². The van der Waals surface area contributed by atoms with Crippen LogP contribution in [0.25, 0.3) is 0 Å². The van der Waals surface area contributed by atoms with Crippen molar-refractivity contribution in [3.8, 4) is 0 Å². The van der Waals surface area contributed by atoms with Gasteiger partial charge in [-0.1, -0.05) is 41.4 Å². The average Bonchev–Trinajstić information content (AvgIpc) is 2.31. The largest absolute Gasteiger partial charge is 0.480 e. The van der Waals surface area contributed by atoms with Crippen LogP contribution in [-0.2, 0) is 11.3 Å². The molecule has 0 amide bonds. The molecule has 0 fully saturated rings. The molecule has 1 aromatic rings. The highest BCUT2D eigenvalue weighted by Gasteiger charge is 2.31. The van der Waals surface area contributed by atoms with Crippen LogP contribution in [0.5, 0.6) is 0 Å². The van der Waals surface area contributed by atoms with Gasteiger partial charge in [-0.3, -0.25) is 10.1 Å². The monoisotopic (exact) mass is 313 g/mol. The van der Waals surface area contributed by atoms with E-state index in [9.17, 15) is 9.90 Å². The summed E-state index contributed by atoms with van der Waals surface area (Å²) in [6, 6.07) is 6.07. The van der Waals surface area contributed by atoms with E-state index in [1.807, 2.05) is 32.0 Å². The third-order valence-corrected chi connectivity index (χ3v) is 4.00. The van der Waals surface area contributed by atoms with Crippen LogP contribution in [0.4, 0.5) is 0 Å². The number of hydrogen-bond donors (Lipinski definition) is 2. The van der Waals surface area contributed by atoms with Crippen LogP contribution in [0, 0.1) is 6.92 Å². The van der Waals surface area contributed by atoms with E-state index in [1.54, 1.807) is 6.92 Å². The van der Waals surface area contributed by atoms with Crippen molar-refractivity contribution < 1.29 is 9.90 Å². The number of carboxylic acids is 1. The summed E-state index contributed by atoms with van der Waals surface area (Å²) in [6.45, 7) is 6.31. The highest BCUT2D eigenvalue weighted by Crippen LogP contribution is 2.19. The molecule has 0 aliphatic heterocycles. The molecule has 4 heteroatoms. The molecule has 3 nitrogen and oxygen atoms in total. The summed E-state index contributed by atoms with van der Waals surface area (Å²) in [5.41, 5.74) is 1.40. The second-order valence-corrected chi connectivity index (χ2v) is 5.68. The van der Waals surface area contributed by atoms with Crippen LogP contribution in [0.2, 0.25) is 0 Å². The molecule has 1 unspecified atom stereocenters. The minimum Gasteiger partial charge on any atom is -0.480 e. The molecule has 1 aromatic carbocycles. The van der Waals surface area contributed by atoms with Gasteiger partial charge in [-0.25, -0.2) is 0 Å². The second kappa shape index (κ2) is 6.34. The molecule has 0 aliphatic carbocycles. The van der Waals surface area contributed by atoms with Crippen molar-refractivity contribution in [1.82, 2.24) is 5.32 Å². The van der Waals surface area contributed by atoms with Crippen molar-refractivity contribution >= 4 is 21.9 Å². The first kappa shape index (κ1) is 15.2. The molecule has 0 saturated carbocycles. The minimum atomic E-state index is -0.855. The Hall–Kier alpha value is -0.870. The number of aliphatic carboxylic acids is 1. The quantitative estimate of drug-likeness (QED) is 0.845. The number of hydrogen-bond acceptors (Lipinski definition) is 2. The first-order valence-electron chi connectivity index (χ1n) is 6.12. The number of halogens is 1. The smallest absolute Gasteiger partial charge is 0.323 e. The number of benzene rings is 1. The Labute approximate surface area is 117 Å². The van der Waals surface area contributed by atoms with Gasteiger partial charge in [-0.05, 0) is 37.5 Å². The normalized spacial score (nSPS) is 14.2. The van der Waals surface area contributed by atoms with Gasteiger partial charge in [0.05, 0.1) is 0 Å². The van der Waals surface area contributed by atoms with Crippen molar-refractivity contribution in [1.29, 1.82) is 0 Å². The van der Waals surface area contributed by atoms with Gasteiger partial charge in [0, 0.05) is 11.0 Å². The van der Waals surface area contributed by atoms with Crippen LogP contribution in [0.3, 0.4) is 0 Å². The van der Waals surface area contributed by atoms with Crippen LogP contribution < -0.4 is 5.32 Å². The zero-order valence-corrected chi connectivity index (χ0v) is 12.7. The molecule has 18 heavy (non-hydrogen) atoms. The summed E-state index contributed by atoms with van der Waals surface area (Å²) in [7, 11) is 0. The van der Waals surface area contributed by atoms with E-state index in [0.29, 0.717) is 13.0 Å². The van der Waals surface area contributed by atoms with Gasteiger partial charge in [-0.15, -0.1) is 0 Å². The fraction of sp³-hybridized carbons (Fsp3) is 0.500. The van der Waals surface area contributed by atoms with Crippen molar-refractivity contribution in [2.45, 2.75) is 45.7 Å². The first-order chi connectivity index (χ1) is 8.39. The highest BCUT2D eigenvalue weighted by molar-refractivity contribution is 9.10. The molecule has 1 rings (SSSR count). The maximum atomic E-state index is 11.3. The van der Waals surface area contributed by atoms with E-state index in [4.69, 9.17) is 0 Å². The lowest BCUT2D eigenvalue weighted by Crippen LogP contribution is -2.48. The Bertz CT molecular complexity index is 434. The molecule has 0 aliphatic rings. The van der Waals surface area contributed by atoms with Crippen molar-refractivity contribution in [2.24, 2.45) is 0 Å². The number of rotatable bonds is 6. The molecule has 0 heterocycles. The fourth-order valence-corrected chi connectivity index (χ4v) is 2.24. The van der Waals surface area contributed by atoms with Crippen molar-refractivity contribution in [2.75, 3.05) is 0 Å². The fourth-order valence-electron chi connectivity index (χ4n) is 1.81. The van der Waals surface area contributed by atoms with E-state index in [1.165, 1.54) is 5.56 Å². The van der Waals surface area contributed by atoms with Gasteiger partial charge in [0.25, 0.3) is 0 Å². The Kier molecular flexibility index (Phi) is 5.35. The van der Waals surface area contributed by atoms with Gasteiger partial charge in [0.15, 0.2) is 0 Å². The number of carboxylic acid groups (broad SMARTS) is 1. The zero-order chi connectivity index (χ0) is 13.8. The average molecular weight is 314 g/mol. The number of aryl methyl sites for hydroxylation is 1. The van der Waals surface area contributed by atoms with Gasteiger partial charge in [0.2, 0.25) is 0 Å². The van der Waals surface area contributed by atoms with Gasteiger partial charge in [-0.2, -0.15) is 0 Å². The zero-order valence-electron chi connectivity index (χ0n) is 11.1. The molecule has 0 radical (unpaired) electrons. The summed E-state index contributed by atoms with van der Waals surface area (Å²) in [5, 5.41) is 12.4. The molecule has 0 spiro atoms. The summed E-state index contributed by atoms with van der Waals surface area (Å²) in [4.78, 5) is 11.3. The first-order valence-corrected chi connectivity index (χ1v) is 6.92. The van der Waals surface area contributed by atoms with E-state index in [-0.39, 0.29) is 0 Å².